The van der Waals surface area contributed by atoms with Crippen LogP contribution in [0.3, 0.4) is 0 Å². The maximum absolute atomic E-state index is 12.3. The van der Waals surface area contributed by atoms with E-state index in [1.54, 1.807) is 31.2 Å². The standard InChI is InChI=1S/C14H15BrN4O3S/c1-2-18-13(22)10(7-11(16)20)19(14(18)23)17-12(21)8-3-5-9(15)6-4-8/h3-6,10H,2,7H2,1H3,(H2,16,20)(H,17,21). The summed E-state index contributed by atoms with van der Waals surface area (Å²) in [6.07, 6.45) is -0.226. The average molecular weight is 399 g/mol. The van der Waals surface area contributed by atoms with Crippen LogP contribution in [0.2, 0.25) is 0 Å². The average Bonchev–Trinajstić information content (AvgIpc) is 2.71. The fourth-order valence-electron chi connectivity index (χ4n) is 2.21. The van der Waals surface area contributed by atoms with E-state index in [-0.39, 0.29) is 17.4 Å². The summed E-state index contributed by atoms with van der Waals surface area (Å²) in [6.45, 7) is 2.10. The van der Waals surface area contributed by atoms with Gasteiger partial charge in [-0.15, -0.1) is 0 Å². The van der Waals surface area contributed by atoms with Crippen LogP contribution in [0.4, 0.5) is 0 Å². The van der Waals surface area contributed by atoms with Gasteiger partial charge in [0.05, 0.1) is 6.42 Å². The van der Waals surface area contributed by atoms with Crippen LogP contribution in [0, 0.1) is 0 Å². The molecule has 1 aliphatic heterocycles. The topological polar surface area (TPSA) is 95.7 Å². The molecule has 3 amide bonds. The van der Waals surface area contributed by atoms with E-state index in [0.29, 0.717) is 12.1 Å². The number of hydrogen-bond donors (Lipinski definition) is 2. The van der Waals surface area contributed by atoms with Gasteiger partial charge in [-0.3, -0.25) is 24.7 Å². The monoisotopic (exact) mass is 398 g/mol. The Bertz CT molecular complexity index is 664. The Labute approximate surface area is 146 Å². The lowest BCUT2D eigenvalue weighted by atomic mass is 10.2. The molecule has 2 rings (SSSR count). The first-order chi connectivity index (χ1) is 10.8. The highest BCUT2D eigenvalue weighted by Gasteiger charge is 2.43. The lowest BCUT2D eigenvalue weighted by Gasteiger charge is -2.23. The maximum atomic E-state index is 12.3. The first-order valence-corrected chi connectivity index (χ1v) is 8.04. The van der Waals surface area contributed by atoms with Crippen molar-refractivity contribution >= 4 is 51.0 Å². The highest BCUT2D eigenvalue weighted by atomic mass is 79.9. The molecule has 0 aliphatic carbocycles. The third-order valence-electron chi connectivity index (χ3n) is 3.34. The number of carbonyl (C=O) groups excluding carboxylic acids is 3. The molecule has 9 heteroatoms. The van der Waals surface area contributed by atoms with Gasteiger partial charge in [0.2, 0.25) is 5.91 Å². The number of rotatable bonds is 5. The zero-order valence-electron chi connectivity index (χ0n) is 12.3. The SMILES string of the molecule is CCN1C(=O)C(CC(N)=O)N(NC(=O)c2ccc(Br)cc2)C1=S. The Kier molecular flexibility index (Phi) is 5.32. The Balaban J connectivity index is 2.22. The number of carbonyl (C=O) groups is 3. The third-order valence-corrected chi connectivity index (χ3v) is 4.28. The van der Waals surface area contributed by atoms with Crippen molar-refractivity contribution in [3.63, 3.8) is 0 Å². The number of benzene rings is 1. The van der Waals surface area contributed by atoms with Crippen molar-refractivity contribution in [1.29, 1.82) is 0 Å². The van der Waals surface area contributed by atoms with Gasteiger partial charge in [-0.2, -0.15) is 0 Å². The Morgan fingerprint density at radius 1 is 1.35 bits per heavy atom. The molecule has 122 valence electrons. The Morgan fingerprint density at radius 2 is 1.96 bits per heavy atom. The van der Waals surface area contributed by atoms with E-state index < -0.39 is 17.9 Å². The van der Waals surface area contributed by atoms with Crippen LogP contribution < -0.4 is 11.2 Å². The molecule has 3 N–H and O–H groups in total. The van der Waals surface area contributed by atoms with Gasteiger partial charge in [-0.05, 0) is 43.4 Å². The van der Waals surface area contributed by atoms with E-state index in [0.717, 1.165) is 4.47 Å². The lowest BCUT2D eigenvalue weighted by Crippen LogP contribution is -2.49. The molecule has 1 unspecified atom stereocenters. The summed E-state index contributed by atoms with van der Waals surface area (Å²) < 4.78 is 0.838. The third kappa shape index (κ3) is 3.67. The summed E-state index contributed by atoms with van der Waals surface area (Å²) in [4.78, 5) is 37.1. The number of nitrogens with zero attached hydrogens (tertiary/aromatic N) is 2. The Morgan fingerprint density at radius 3 is 2.48 bits per heavy atom. The minimum Gasteiger partial charge on any atom is -0.370 e. The van der Waals surface area contributed by atoms with Crippen molar-refractivity contribution in [3.05, 3.63) is 34.3 Å². The van der Waals surface area contributed by atoms with Gasteiger partial charge in [-0.1, -0.05) is 15.9 Å². The largest absolute Gasteiger partial charge is 0.370 e. The summed E-state index contributed by atoms with van der Waals surface area (Å²) in [5, 5.41) is 1.38. The molecule has 1 saturated heterocycles. The number of nitrogens with two attached hydrogens (primary N) is 1. The van der Waals surface area contributed by atoms with Gasteiger partial charge in [0.15, 0.2) is 5.11 Å². The molecule has 1 fully saturated rings. The molecule has 1 aromatic rings. The molecule has 1 aliphatic rings. The molecule has 1 atom stereocenters. The van der Waals surface area contributed by atoms with Crippen molar-refractivity contribution < 1.29 is 14.4 Å². The predicted octanol–water partition coefficient (Wildman–Crippen LogP) is 0.787. The van der Waals surface area contributed by atoms with E-state index in [1.165, 1.54) is 9.91 Å². The molecule has 0 saturated carbocycles. The van der Waals surface area contributed by atoms with E-state index in [9.17, 15) is 14.4 Å². The number of hydrogen-bond acceptors (Lipinski definition) is 4. The predicted molar refractivity (Wildman–Crippen MR) is 91.0 cm³/mol. The van der Waals surface area contributed by atoms with Crippen LogP contribution in [-0.4, -0.2) is 45.3 Å². The smallest absolute Gasteiger partial charge is 0.269 e. The second kappa shape index (κ2) is 7.05. The zero-order chi connectivity index (χ0) is 17.1. The maximum Gasteiger partial charge on any atom is 0.269 e. The fraction of sp³-hybridized carbons (Fsp3) is 0.286. The van der Waals surface area contributed by atoms with Gasteiger partial charge in [0, 0.05) is 16.6 Å². The summed E-state index contributed by atoms with van der Waals surface area (Å²) >= 11 is 8.50. The van der Waals surface area contributed by atoms with Crippen molar-refractivity contribution in [2.24, 2.45) is 5.73 Å². The number of primary amides is 1. The van der Waals surface area contributed by atoms with Gasteiger partial charge in [0.1, 0.15) is 6.04 Å². The van der Waals surface area contributed by atoms with E-state index in [4.69, 9.17) is 18.0 Å². The highest BCUT2D eigenvalue weighted by molar-refractivity contribution is 9.10. The van der Waals surface area contributed by atoms with Crippen LogP contribution in [0.15, 0.2) is 28.7 Å². The van der Waals surface area contributed by atoms with Crippen molar-refractivity contribution in [1.82, 2.24) is 15.3 Å². The molecule has 23 heavy (non-hydrogen) atoms. The molecule has 0 spiro atoms. The van der Waals surface area contributed by atoms with E-state index >= 15 is 0 Å². The number of halogens is 1. The van der Waals surface area contributed by atoms with Crippen LogP contribution in [0.5, 0.6) is 0 Å². The molecule has 1 aromatic carbocycles. The van der Waals surface area contributed by atoms with Crippen LogP contribution >= 0.6 is 28.1 Å². The highest BCUT2D eigenvalue weighted by Crippen LogP contribution is 2.19. The summed E-state index contributed by atoms with van der Waals surface area (Å²) in [5.74, 6) is -1.43. The van der Waals surface area contributed by atoms with Crippen molar-refractivity contribution in [2.45, 2.75) is 19.4 Å². The second-order valence-electron chi connectivity index (χ2n) is 4.87. The minimum atomic E-state index is -0.917. The fourth-order valence-corrected chi connectivity index (χ4v) is 2.87. The van der Waals surface area contributed by atoms with Crippen molar-refractivity contribution in [2.75, 3.05) is 6.54 Å². The van der Waals surface area contributed by atoms with Gasteiger partial charge in [-0.25, -0.2) is 5.01 Å². The van der Waals surface area contributed by atoms with Crippen LogP contribution in [-0.2, 0) is 9.59 Å². The number of thiocarbonyl (C=S) groups is 1. The summed E-state index contributed by atoms with van der Waals surface area (Å²) in [6, 6.07) is 5.78. The number of likely N-dealkylation sites (N-methyl/N-ethyl adjacent to an activating group) is 1. The summed E-state index contributed by atoms with van der Waals surface area (Å²) in [7, 11) is 0. The molecule has 0 radical (unpaired) electrons. The van der Waals surface area contributed by atoms with Crippen LogP contribution in [0.1, 0.15) is 23.7 Å². The first kappa shape index (κ1) is 17.4. The lowest BCUT2D eigenvalue weighted by molar-refractivity contribution is -0.131. The molecule has 0 bridgehead atoms. The van der Waals surface area contributed by atoms with E-state index in [1.807, 2.05) is 0 Å². The van der Waals surface area contributed by atoms with Crippen LogP contribution in [0.25, 0.3) is 0 Å². The first-order valence-electron chi connectivity index (χ1n) is 6.84. The molecular formula is C14H15BrN4O3S. The van der Waals surface area contributed by atoms with E-state index in [2.05, 4.69) is 21.4 Å². The Hall–Kier alpha value is -2.00. The normalized spacial score (nSPS) is 17.6. The molecule has 0 aromatic heterocycles. The second-order valence-corrected chi connectivity index (χ2v) is 6.15. The number of nitrogens with one attached hydrogen (secondary N) is 1. The zero-order valence-corrected chi connectivity index (χ0v) is 14.7. The molecule has 1 heterocycles. The summed E-state index contributed by atoms with van der Waals surface area (Å²) in [5.41, 5.74) is 8.17. The molecule has 7 nitrogen and oxygen atoms in total. The van der Waals surface area contributed by atoms with Crippen molar-refractivity contribution in [3.8, 4) is 0 Å². The molecular weight excluding hydrogens is 384 g/mol. The number of amides is 3. The minimum absolute atomic E-state index is 0.147. The number of hydrazine groups is 1. The van der Waals surface area contributed by atoms with Gasteiger partial charge in [0.25, 0.3) is 11.8 Å². The quantitative estimate of drug-likeness (QED) is 0.714. The van der Waals surface area contributed by atoms with Gasteiger partial charge >= 0.3 is 0 Å². The van der Waals surface area contributed by atoms with Gasteiger partial charge < -0.3 is 5.73 Å².